The molecule has 4 aromatic heterocycles. The molecule has 0 spiro atoms. The number of para-hydroxylation sites is 2. The van der Waals surface area contributed by atoms with E-state index in [0.29, 0.717) is 0 Å². The maximum absolute atomic E-state index is 5.59. The quantitative estimate of drug-likeness (QED) is 0.142. The molecule has 20 aromatic carbocycles. The fraction of sp³-hybridized carbons (Fsp3) is 0. The Kier molecular flexibility index (Phi) is 15.6. The van der Waals surface area contributed by atoms with Crippen LogP contribution in [-0.4, -0.2) is 19.9 Å². The summed E-state index contributed by atoms with van der Waals surface area (Å²) in [6.07, 6.45) is 3.84. The molecule has 0 aliphatic heterocycles. The van der Waals surface area contributed by atoms with Crippen LogP contribution >= 0.6 is 0 Å². The molecule has 536 valence electrons. The molecule has 0 fully saturated rings. The molecule has 0 aliphatic rings. The Bertz CT molecular complexity index is 8200. The van der Waals surface area contributed by atoms with Gasteiger partial charge in [0, 0.05) is 67.0 Å². The van der Waals surface area contributed by atoms with Crippen molar-refractivity contribution in [1.82, 2.24) is 19.9 Å². The van der Waals surface area contributed by atoms with Gasteiger partial charge in [-0.05, 0) is 219 Å². The maximum Gasteiger partial charge on any atom is 0.0794 e. The van der Waals surface area contributed by atoms with Gasteiger partial charge in [0.1, 0.15) is 0 Å². The first-order valence-electron chi connectivity index (χ1n) is 39.8. The van der Waals surface area contributed by atoms with Crippen molar-refractivity contribution < 1.29 is 0 Å². The molecular formula is C112H68N4. The first kappa shape index (κ1) is 66.4. The molecule has 0 N–H and O–H groups in total. The zero-order valence-electron chi connectivity index (χ0n) is 63.0. The molecule has 4 nitrogen and oxygen atoms in total. The highest BCUT2D eigenvalue weighted by molar-refractivity contribution is 6.26. The minimum absolute atomic E-state index is 0.941. The van der Waals surface area contributed by atoms with E-state index in [9.17, 15) is 0 Å². The molecule has 0 aliphatic carbocycles. The van der Waals surface area contributed by atoms with Crippen molar-refractivity contribution in [3.63, 3.8) is 0 Å². The molecular weight excluding hydrogens is 1400 g/mol. The van der Waals surface area contributed by atoms with E-state index in [1.807, 2.05) is 24.5 Å². The highest BCUT2D eigenvalue weighted by atomic mass is 14.7. The molecule has 24 rings (SSSR count). The molecule has 4 heterocycles. The van der Waals surface area contributed by atoms with Gasteiger partial charge in [-0.2, -0.15) is 0 Å². The van der Waals surface area contributed by atoms with Crippen LogP contribution in [0.4, 0.5) is 0 Å². The third kappa shape index (κ3) is 11.1. The van der Waals surface area contributed by atoms with Gasteiger partial charge < -0.3 is 0 Å². The fourth-order valence-electron chi connectivity index (χ4n) is 18.6. The van der Waals surface area contributed by atoms with Gasteiger partial charge in [-0.25, -0.2) is 9.97 Å². The lowest BCUT2D eigenvalue weighted by molar-refractivity contribution is 1.40. The molecule has 116 heavy (non-hydrogen) atoms. The van der Waals surface area contributed by atoms with E-state index in [1.54, 1.807) is 0 Å². The van der Waals surface area contributed by atoms with Crippen molar-refractivity contribution in [2.24, 2.45) is 0 Å². The van der Waals surface area contributed by atoms with E-state index in [0.717, 1.165) is 99.2 Å². The summed E-state index contributed by atoms with van der Waals surface area (Å²) in [6, 6.07) is 146. The number of hydrogen-bond donors (Lipinski definition) is 0. The van der Waals surface area contributed by atoms with E-state index in [-0.39, 0.29) is 0 Å². The summed E-state index contributed by atoms with van der Waals surface area (Å²) < 4.78 is 0. The zero-order valence-corrected chi connectivity index (χ0v) is 63.0. The molecule has 0 bridgehead atoms. The summed E-state index contributed by atoms with van der Waals surface area (Å²) in [5, 5.41) is 29.1. The van der Waals surface area contributed by atoms with Gasteiger partial charge in [0.05, 0.1) is 33.5 Å². The number of aromatic nitrogens is 4. The van der Waals surface area contributed by atoms with Crippen LogP contribution < -0.4 is 0 Å². The maximum atomic E-state index is 5.59. The molecule has 24 aromatic rings. The summed E-state index contributed by atoms with van der Waals surface area (Å²) in [7, 11) is 0. The first-order valence-corrected chi connectivity index (χ1v) is 39.8. The summed E-state index contributed by atoms with van der Waals surface area (Å²) in [5.74, 6) is 0. The molecule has 0 amide bonds. The van der Waals surface area contributed by atoms with E-state index in [2.05, 4.69) is 388 Å². The normalized spacial score (nSPS) is 11.8. The summed E-state index contributed by atoms with van der Waals surface area (Å²) in [6.45, 7) is 0. The van der Waals surface area contributed by atoms with Crippen LogP contribution in [0, 0.1) is 0 Å². The van der Waals surface area contributed by atoms with E-state index in [1.165, 1.54) is 141 Å². The molecule has 0 unspecified atom stereocenters. The standard InChI is InChI=1S/2C56H34N2/c1-4-16-41-37(13-1)30-49(45-20-8-6-18-43(41)45)51-32-53-52(50-31-38-14-2-5-17-42(38)44-19-7-9-21-46(44)50)33-55(58-56(53)48-23-11-10-22-47(48)51)36-27-25-35(26-28-36)40-29-39-15-3-12-24-54(39)57-34-40;1-3-17-40-38(13-1)31-49(45-21-7-5-19-43(40)45)51-33-53-52(50-32-39-14-2-4-18-41(39)44-20-6-8-22-46(44)50)34-54(58-56(53)48-24-10-9-23-47(48)51)36-28-26-35(27-29-36)42-25-11-15-37-16-12-30-57-55(37)42/h2*1-34H. The predicted octanol–water partition coefficient (Wildman–Crippen LogP) is 30.4. The van der Waals surface area contributed by atoms with Crippen molar-refractivity contribution in [1.29, 1.82) is 0 Å². The minimum Gasteiger partial charge on any atom is -0.256 e. The average Bonchev–Trinajstić information content (AvgIpc) is 0.726. The Hall–Kier alpha value is -15.4. The second kappa shape index (κ2) is 27.2. The van der Waals surface area contributed by atoms with Gasteiger partial charge in [-0.3, -0.25) is 9.97 Å². The number of fused-ring (bicyclic) bond motifs is 20. The summed E-state index contributed by atoms with van der Waals surface area (Å²) in [5.41, 5.74) is 22.1. The van der Waals surface area contributed by atoms with Crippen molar-refractivity contribution in [3.8, 4) is 89.3 Å². The SMILES string of the molecule is c1ccc2ncc(-c3ccc(-c4cc(-c5cc6ccccc6c6ccccc56)c5cc(-c6cc7ccccc7c7ccccc67)c6ccccc6c5n4)cc3)cc2c1.c1cnc2c(-c3ccc(-c4cc(-c5cc6ccccc6c6ccccc56)c5cc(-c6cc7ccccc7c7ccccc67)c6ccccc6c5n4)cc3)cccc2c1. The number of hydrogen-bond acceptors (Lipinski definition) is 4. The Morgan fingerprint density at radius 1 is 0.147 bits per heavy atom. The smallest absolute Gasteiger partial charge is 0.0794 e. The Labute approximate surface area is 668 Å². The molecule has 0 saturated heterocycles. The number of nitrogens with zero attached hydrogens (tertiary/aromatic N) is 4. The summed E-state index contributed by atoms with van der Waals surface area (Å²) >= 11 is 0. The Morgan fingerprint density at radius 2 is 0.448 bits per heavy atom. The van der Waals surface area contributed by atoms with Crippen molar-refractivity contribution in [2.45, 2.75) is 0 Å². The van der Waals surface area contributed by atoms with Crippen LogP contribution in [-0.2, 0) is 0 Å². The van der Waals surface area contributed by atoms with Crippen molar-refractivity contribution in [3.05, 3.63) is 413 Å². The Morgan fingerprint density at radius 3 is 0.862 bits per heavy atom. The average molecular weight is 1470 g/mol. The van der Waals surface area contributed by atoms with Crippen molar-refractivity contribution >= 4 is 151 Å². The summed E-state index contributed by atoms with van der Waals surface area (Å²) in [4.78, 5) is 20.7. The van der Waals surface area contributed by atoms with E-state index < -0.39 is 0 Å². The van der Waals surface area contributed by atoms with Crippen LogP contribution in [0.1, 0.15) is 0 Å². The lowest BCUT2D eigenvalue weighted by Gasteiger charge is -2.19. The van der Waals surface area contributed by atoms with E-state index in [4.69, 9.17) is 19.9 Å². The van der Waals surface area contributed by atoms with Gasteiger partial charge in [0.2, 0.25) is 0 Å². The highest BCUT2D eigenvalue weighted by Gasteiger charge is 2.24. The molecule has 0 atom stereocenters. The van der Waals surface area contributed by atoms with Crippen LogP contribution in [0.3, 0.4) is 0 Å². The first-order chi connectivity index (χ1) is 57.5. The second-order valence-corrected chi connectivity index (χ2v) is 30.6. The predicted molar refractivity (Wildman–Crippen MR) is 493 cm³/mol. The monoisotopic (exact) mass is 1470 g/mol. The second-order valence-electron chi connectivity index (χ2n) is 30.6. The lowest BCUT2D eigenvalue weighted by Crippen LogP contribution is -1.95. The topological polar surface area (TPSA) is 51.6 Å². The number of rotatable bonds is 8. The van der Waals surface area contributed by atoms with Gasteiger partial charge in [-0.1, -0.05) is 334 Å². The van der Waals surface area contributed by atoms with Crippen LogP contribution in [0.2, 0.25) is 0 Å². The third-order valence-electron chi connectivity index (χ3n) is 24.1. The molecule has 0 saturated carbocycles. The number of benzene rings is 20. The van der Waals surface area contributed by atoms with Gasteiger partial charge in [-0.15, -0.1) is 0 Å². The Balaban J connectivity index is 0.000000137. The minimum atomic E-state index is 0.941. The third-order valence-corrected chi connectivity index (χ3v) is 24.1. The fourth-order valence-corrected chi connectivity index (χ4v) is 18.6. The lowest BCUT2D eigenvalue weighted by atomic mass is 9.86. The van der Waals surface area contributed by atoms with Gasteiger partial charge >= 0.3 is 0 Å². The van der Waals surface area contributed by atoms with E-state index >= 15 is 0 Å². The van der Waals surface area contributed by atoms with Crippen LogP contribution in [0.25, 0.3) is 241 Å². The largest absolute Gasteiger partial charge is 0.256 e. The van der Waals surface area contributed by atoms with Crippen LogP contribution in [0.15, 0.2) is 413 Å². The van der Waals surface area contributed by atoms with Gasteiger partial charge in [0.25, 0.3) is 0 Å². The molecule has 0 radical (unpaired) electrons. The van der Waals surface area contributed by atoms with Crippen molar-refractivity contribution in [2.75, 3.05) is 0 Å². The number of pyridine rings is 4. The van der Waals surface area contributed by atoms with Crippen LogP contribution in [0.5, 0.6) is 0 Å². The zero-order chi connectivity index (χ0) is 76.3. The van der Waals surface area contributed by atoms with Gasteiger partial charge in [0.15, 0.2) is 0 Å². The highest BCUT2D eigenvalue weighted by Crippen LogP contribution is 2.49. The molecule has 4 heteroatoms.